The van der Waals surface area contributed by atoms with Crippen LogP contribution in [0.2, 0.25) is 0 Å². The minimum atomic E-state index is -1.03. The highest BCUT2D eigenvalue weighted by molar-refractivity contribution is 9.10. The summed E-state index contributed by atoms with van der Waals surface area (Å²) in [7, 11) is 0. The molecule has 1 atom stereocenters. The van der Waals surface area contributed by atoms with Gasteiger partial charge >= 0.3 is 5.97 Å². The zero-order chi connectivity index (χ0) is 15.8. The van der Waals surface area contributed by atoms with Crippen molar-refractivity contribution in [3.63, 3.8) is 0 Å². The summed E-state index contributed by atoms with van der Waals surface area (Å²) in [6, 6.07) is 5.13. The summed E-state index contributed by atoms with van der Waals surface area (Å²) < 4.78 is 6.31. The van der Waals surface area contributed by atoms with Gasteiger partial charge in [-0.15, -0.1) is 0 Å². The number of hydrogen-bond donors (Lipinski definition) is 2. The average Bonchev–Trinajstić information content (AvgIpc) is 2.44. The van der Waals surface area contributed by atoms with E-state index in [4.69, 9.17) is 9.84 Å². The third-order valence-electron chi connectivity index (χ3n) is 2.60. The van der Waals surface area contributed by atoms with Crippen LogP contribution in [0.3, 0.4) is 0 Å². The molecule has 114 valence electrons. The monoisotopic (exact) mass is 355 g/mol. The second-order valence-corrected chi connectivity index (χ2v) is 5.26. The molecular formula is C15H18BrNO4. The summed E-state index contributed by atoms with van der Waals surface area (Å²) in [6.45, 7) is 4.25. The largest absolute Gasteiger partial charge is 0.481 e. The van der Waals surface area contributed by atoms with Crippen LogP contribution >= 0.6 is 15.9 Å². The van der Waals surface area contributed by atoms with Crippen LogP contribution in [-0.2, 0) is 9.59 Å². The van der Waals surface area contributed by atoms with Crippen LogP contribution in [0.25, 0.3) is 6.08 Å². The number of rotatable bonds is 7. The van der Waals surface area contributed by atoms with Crippen molar-refractivity contribution >= 4 is 33.9 Å². The molecule has 0 fully saturated rings. The first-order chi connectivity index (χ1) is 9.93. The normalized spacial score (nSPS) is 12.1. The first-order valence-corrected chi connectivity index (χ1v) is 7.38. The van der Waals surface area contributed by atoms with Crippen molar-refractivity contribution in [2.75, 3.05) is 6.54 Å². The molecule has 0 aliphatic carbocycles. The Bertz CT molecular complexity index is 542. The lowest BCUT2D eigenvalue weighted by Crippen LogP contribution is -2.36. The van der Waals surface area contributed by atoms with Gasteiger partial charge in [0.05, 0.1) is 0 Å². The van der Waals surface area contributed by atoms with E-state index in [9.17, 15) is 9.59 Å². The molecule has 0 aliphatic rings. The van der Waals surface area contributed by atoms with Crippen LogP contribution in [0.1, 0.15) is 25.8 Å². The second kappa shape index (κ2) is 8.46. The quantitative estimate of drug-likeness (QED) is 0.737. The first kappa shape index (κ1) is 17.2. The summed E-state index contributed by atoms with van der Waals surface area (Å²) in [5.41, 5.74) is 0.663. The van der Waals surface area contributed by atoms with E-state index in [1.807, 2.05) is 6.92 Å². The maximum absolute atomic E-state index is 11.7. The van der Waals surface area contributed by atoms with Crippen LogP contribution in [-0.4, -0.2) is 29.6 Å². The Kier molecular flexibility index (Phi) is 6.94. The molecule has 1 rings (SSSR count). The van der Waals surface area contributed by atoms with E-state index in [2.05, 4.69) is 21.2 Å². The van der Waals surface area contributed by atoms with Gasteiger partial charge in [-0.3, -0.25) is 4.79 Å². The number of carboxylic acids is 1. The number of carbonyl (C=O) groups is 2. The van der Waals surface area contributed by atoms with E-state index in [1.165, 1.54) is 6.08 Å². The molecule has 2 N–H and O–H groups in total. The van der Waals surface area contributed by atoms with Crippen LogP contribution in [0.5, 0.6) is 5.75 Å². The van der Waals surface area contributed by atoms with Gasteiger partial charge in [0.1, 0.15) is 5.75 Å². The number of carboxylic acid groups (broad SMARTS) is 1. The minimum absolute atomic E-state index is 0.178. The molecule has 0 spiro atoms. The van der Waals surface area contributed by atoms with Gasteiger partial charge in [-0.1, -0.05) is 22.9 Å². The highest BCUT2D eigenvalue weighted by Gasteiger charge is 2.14. The van der Waals surface area contributed by atoms with Crippen LogP contribution in [0.4, 0.5) is 0 Å². The molecule has 6 heteroatoms. The van der Waals surface area contributed by atoms with Crippen molar-refractivity contribution in [1.82, 2.24) is 5.32 Å². The fraction of sp³-hybridized carbons (Fsp3) is 0.333. The lowest BCUT2D eigenvalue weighted by atomic mass is 10.2. The van der Waals surface area contributed by atoms with Gasteiger partial charge in [0.15, 0.2) is 6.10 Å². The first-order valence-electron chi connectivity index (χ1n) is 6.59. The number of halogens is 1. The highest BCUT2D eigenvalue weighted by Crippen LogP contribution is 2.24. The van der Waals surface area contributed by atoms with Crippen molar-refractivity contribution in [1.29, 1.82) is 0 Å². The molecule has 0 radical (unpaired) electrons. The number of benzene rings is 1. The minimum Gasteiger partial charge on any atom is -0.481 e. The van der Waals surface area contributed by atoms with Gasteiger partial charge in [-0.25, -0.2) is 4.79 Å². The van der Waals surface area contributed by atoms with Crippen LogP contribution < -0.4 is 10.1 Å². The van der Waals surface area contributed by atoms with E-state index < -0.39 is 12.1 Å². The Balaban J connectivity index is 2.78. The van der Waals surface area contributed by atoms with Crippen molar-refractivity contribution in [3.8, 4) is 5.75 Å². The molecule has 1 aromatic rings. The average molecular weight is 356 g/mol. The molecule has 0 aliphatic heterocycles. The predicted octanol–water partition coefficient (Wildman–Crippen LogP) is 2.84. The molecule has 0 saturated carbocycles. The molecule has 21 heavy (non-hydrogen) atoms. The molecule has 0 bridgehead atoms. The Morgan fingerprint density at radius 1 is 1.48 bits per heavy atom. The third kappa shape index (κ3) is 5.99. The van der Waals surface area contributed by atoms with Gasteiger partial charge in [-0.2, -0.15) is 0 Å². The maximum Gasteiger partial charge on any atom is 0.328 e. The smallest absolute Gasteiger partial charge is 0.328 e. The predicted molar refractivity (Wildman–Crippen MR) is 84.2 cm³/mol. The van der Waals surface area contributed by atoms with E-state index in [1.54, 1.807) is 25.1 Å². The summed E-state index contributed by atoms with van der Waals surface area (Å²) in [5.74, 6) is -0.703. The molecule has 0 aromatic heterocycles. The van der Waals surface area contributed by atoms with Gasteiger partial charge in [0, 0.05) is 17.1 Å². The van der Waals surface area contributed by atoms with E-state index in [-0.39, 0.29) is 5.91 Å². The van der Waals surface area contributed by atoms with Gasteiger partial charge < -0.3 is 15.2 Å². The Labute approximate surface area is 132 Å². The van der Waals surface area contributed by atoms with E-state index in [0.29, 0.717) is 17.9 Å². The molecule has 1 aromatic carbocycles. The van der Waals surface area contributed by atoms with Crippen LogP contribution in [0, 0.1) is 0 Å². The van der Waals surface area contributed by atoms with Crippen molar-refractivity contribution in [2.45, 2.75) is 26.4 Å². The zero-order valence-electron chi connectivity index (χ0n) is 11.9. The van der Waals surface area contributed by atoms with Crippen LogP contribution in [0.15, 0.2) is 28.7 Å². The molecule has 1 amide bonds. The summed E-state index contributed by atoms with van der Waals surface area (Å²) in [5, 5.41) is 11.4. The van der Waals surface area contributed by atoms with E-state index >= 15 is 0 Å². The number of amides is 1. The summed E-state index contributed by atoms with van der Waals surface area (Å²) >= 11 is 3.33. The topological polar surface area (TPSA) is 75.6 Å². The lowest BCUT2D eigenvalue weighted by Gasteiger charge is -2.15. The number of aliphatic carboxylic acids is 1. The van der Waals surface area contributed by atoms with Crippen molar-refractivity contribution < 1.29 is 19.4 Å². The molecular weight excluding hydrogens is 338 g/mol. The Hall–Kier alpha value is -1.82. The fourth-order valence-electron chi connectivity index (χ4n) is 1.53. The molecule has 5 nitrogen and oxygen atoms in total. The van der Waals surface area contributed by atoms with Crippen molar-refractivity contribution in [3.05, 3.63) is 34.3 Å². The summed E-state index contributed by atoms with van der Waals surface area (Å²) in [6.07, 6.45) is 2.75. The number of ether oxygens (including phenoxy) is 1. The Morgan fingerprint density at radius 2 is 2.19 bits per heavy atom. The highest BCUT2D eigenvalue weighted by atomic mass is 79.9. The summed E-state index contributed by atoms with van der Waals surface area (Å²) in [4.78, 5) is 22.3. The standard InChI is InChI=1S/C15H18BrNO4/c1-3-8-17-15(20)10(2)21-12-5-6-13(16)11(9-12)4-7-14(18)19/h4-7,9-10H,3,8H2,1-2H3,(H,17,20)(H,18,19)/b7-4+. The molecule has 0 heterocycles. The maximum atomic E-state index is 11.7. The van der Waals surface area contributed by atoms with Gasteiger partial charge in [0.25, 0.3) is 5.91 Å². The lowest BCUT2D eigenvalue weighted by molar-refractivity contribution is -0.131. The SMILES string of the molecule is CCCNC(=O)C(C)Oc1ccc(Br)c(/C=C/C(=O)O)c1. The van der Waals surface area contributed by atoms with Crippen molar-refractivity contribution in [2.24, 2.45) is 0 Å². The number of carbonyl (C=O) groups excluding carboxylic acids is 1. The fourth-order valence-corrected chi connectivity index (χ4v) is 1.91. The van der Waals surface area contributed by atoms with Gasteiger partial charge in [0.2, 0.25) is 0 Å². The van der Waals surface area contributed by atoms with Gasteiger partial charge in [-0.05, 0) is 43.2 Å². The Morgan fingerprint density at radius 3 is 2.81 bits per heavy atom. The zero-order valence-corrected chi connectivity index (χ0v) is 13.5. The van der Waals surface area contributed by atoms with E-state index in [0.717, 1.165) is 17.0 Å². The number of nitrogens with one attached hydrogen (secondary N) is 1. The molecule has 1 unspecified atom stereocenters. The second-order valence-electron chi connectivity index (χ2n) is 4.41. The molecule has 0 saturated heterocycles. The number of hydrogen-bond acceptors (Lipinski definition) is 3. The third-order valence-corrected chi connectivity index (χ3v) is 3.33.